The van der Waals surface area contributed by atoms with Gasteiger partial charge < -0.3 is 10.6 Å². The first-order valence-corrected chi connectivity index (χ1v) is 8.30. The molecule has 1 unspecified atom stereocenters. The molecule has 2 aliphatic heterocycles. The van der Waals surface area contributed by atoms with Crippen LogP contribution in [0.3, 0.4) is 0 Å². The minimum atomic E-state index is 0.310. The highest BCUT2D eigenvalue weighted by Crippen LogP contribution is 2.35. The van der Waals surface area contributed by atoms with Crippen molar-refractivity contribution in [2.24, 2.45) is 11.7 Å². The number of nitrogens with zero attached hydrogens (tertiary/aromatic N) is 2. The van der Waals surface area contributed by atoms with E-state index in [1.54, 1.807) is 0 Å². The zero-order valence-corrected chi connectivity index (χ0v) is 13.2. The number of hydrogen-bond donors (Lipinski definition) is 1. The summed E-state index contributed by atoms with van der Waals surface area (Å²) in [7, 11) is 0. The normalized spacial score (nSPS) is 29.2. The molecule has 0 radical (unpaired) electrons. The fourth-order valence-electron chi connectivity index (χ4n) is 4.16. The maximum Gasteiger partial charge on any atom is 0.0358 e. The minimum Gasteiger partial charge on any atom is -0.329 e. The first-order valence-electron chi connectivity index (χ1n) is 8.30. The van der Waals surface area contributed by atoms with E-state index in [-0.39, 0.29) is 0 Å². The Bertz CT molecular complexity index is 269. The summed E-state index contributed by atoms with van der Waals surface area (Å²) in [6, 6.07) is 0.792. The van der Waals surface area contributed by atoms with Gasteiger partial charge in [0.1, 0.15) is 0 Å². The van der Waals surface area contributed by atoms with E-state index in [2.05, 4.69) is 30.6 Å². The highest BCUT2D eigenvalue weighted by atomic mass is 15.3. The Hall–Kier alpha value is -0.120. The molecule has 0 aromatic carbocycles. The Kier molecular flexibility index (Phi) is 5.27. The molecule has 0 aromatic heterocycles. The first kappa shape index (κ1) is 15.3. The third kappa shape index (κ3) is 3.32. The predicted molar refractivity (Wildman–Crippen MR) is 82.3 cm³/mol. The van der Waals surface area contributed by atoms with Gasteiger partial charge in [-0.3, -0.25) is 4.90 Å². The van der Waals surface area contributed by atoms with Crippen molar-refractivity contribution in [2.75, 3.05) is 32.7 Å². The van der Waals surface area contributed by atoms with Gasteiger partial charge in [-0.25, -0.2) is 0 Å². The van der Waals surface area contributed by atoms with Crippen LogP contribution >= 0.6 is 0 Å². The molecule has 2 rings (SSSR count). The maximum absolute atomic E-state index is 6.22. The molecule has 2 heterocycles. The molecule has 2 aliphatic rings. The zero-order valence-electron chi connectivity index (χ0n) is 13.2. The highest BCUT2D eigenvalue weighted by molar-refractivity contribution is 5.00. The van der Waals surface area contributed by atoms with Crippen molar-refractivity contribution < 1.29 is 0 Å². The molecule has 112 valence electrons. The largest absolute Gasteiger partial charge is 0.329 e. The van der Waals surface area contributed by atoms with Crippen LogP contribution in [-0.2, 0) is 0 Å². The lowest BCUT2D eigenvalue weighted by Gasteiger charge is -2.49. The molecule has 2 N–H and O–H groups in total. The van der Waals surface area contributed by atoms with Gasteiger partial charge in [0.25, 0.3) is 0 Å². The Balaban J connectivity index is 1.97. The summed E-state index contributed by atoms with van der Waals surface area (Å²) >= 11 is 0. The highest BCUT2D eigenvalue weighted by Gasteiger charge is 2.43. The quantitative estimate of drug-likeness (QED) is 0.829. The molecule has 3 heteroatoms. The molecular weight excluding hydrogens is 234 g/mol. The van der Waals surface area contributed by atoms with Crippen LogP contribution < -0.4 is 5.73 Å². The molecule has 1 atom stereocenters. The Labute approximate surface area is 119 Å². The van der Waals surface area contributed by atoms with Crippen molar-refractivity contribution in [1.29, 1.82) is 0 Å². The summed E-state index contributed by atoms with van der Waals surface area (Å²) in [4.78, 5) is 5.41. The summed E-state index contributed by atoms with van der Waals surface area (Å²) in [5, 5.41) is 0. The van der Waals surface area contributed by atoms with Crippen molar-refractivity contribution in [2.45, 2.75) is 64.5 Å². The fraction of sp³-hybridized carbons (Fsp3) is 1.00. The van der Waals surface area contributed by atoms with Crippen molar-refractivity contribution in [3.05, 3.63) is 0 Å². The van der Waals surface area contributed by atoms with E-state index >= 15 is 0 Å². The molecule has 3 nitrogen and oxygen atoms in total. The predicted octanol–water partition coefficient (Wildman–Crippen LogP) is 2.31. The molecule has 0 aliphatic carbocycles. The van der Waals surface area contributed by atoms with E-state index in [1.165, 1.54) is 58.3 Å². The Morgan fingerprint density at radius 3 is 2.42 bits per heavy atom. The SMILES string of the molecule is CCC1CCCN1C1(CN)CCN(CC(C)C)CC1. The van der Waals surface area contributed by atoms with Gasteiger partial charge in [0.05, 0.1) is 0 Å². The average Bonchev–Trinajstić information content (AvgIpc) is 2.88. The second-order valence-electron chi connectivity index (χ2n) is 7.02. The molecule has 0 bridgehead atoms. The van der Waals surface area contributed by atoms with Gasteiger partial charge in [-0.05, 0) is 57.7 Å². The van der Waals surface area contributed by atoms with Gasteiger partial charge in [0.2, 0.25) is 0 Å². The first-order chi connectivity index (χ1) is 9.11. The van der Waals surface area contributed by atoms with Crippen molar-refractivity contribution in [3.8, 4) is 0 Å². The van der Waals surface area contributed by atoms with Crippen LogP contribution in [0.5, 0.6) is 0 Å². The summed E-state index contributed by atoms with van der Waals surface area (Å²) in [5.41, 5.74) is 6.53. The van der Waals surface area contributed by atoms with Crippen LogP contribution in [0.4, 0.5) is 0 Å². The zero-order chi connectivity index (χ0) is 13.9. The monoisotopic (exact) mass is 267 g/mol. The van der Waals surface area contributed by atoms with Gasteiger partial charge in [-0.2, -0.15) is 0 Å². The Morgan fingerprint density at radius 1 is 1.21 bits per heavy atom. The number of nitrogens with two attached hydrogens (primary N) is 1. The third-order valence-electron chi connectivity index (χ3n) is 5.25. The lowest BCUT2D eigenvalue weighted by Crippen LogP contribution is -2.60. The molecule has 0 spiro atoms. The van der Waals surface area contributed by atoms with Crippen molar-refractivity contribution in [3.63, 3.8) is 0 Å². The van der Waals surface area contributed by atoms with Crippen LogP contribution in [0, 0.1) is 5.92 Å². The number of likely N-dealkylation sites (tertiary alicyclic amines) is 2. The standard InChI is InChI=1S/C16H33N3/c1-4-15-6-5-9-19(15)16(13-17)7-10-18(11-8-16)12-14(2)3/h14-15H,4-13,17H2,1-3H3. The fourth-order valence-corrected chi connectivity index (χ4v) is 4.16. The average molecular weight is 267 g/mol. The molecule has 0 aromatic rings. The minimum absolute atomic E-state index is 0.310. The van der Waals surface area contributed by atoms with Crippen LogP contribution in [0.25, 0.3) is 0 Å². The van der Waals surface area contributed by atoms with Gasteiger partial charge in [0.15, 0.2) is 0 Å². The van der Waals surface area contributed by atoms with Crippen LogP contribution in [0.15, 0.2) is 0 Å². The Morgan fingerprint density at radius 2 is 1.89 bits per heavy atom. The van der Waals surface area contributed by atoms with Crippen molar-refractivity contribution >= 4 is 0 Å². The molecule has 2 fully saturated rings. The number of rotatable bonds is 5. The molecule has 19 heavy (non-hydrogen) atoms. The molecule has 0 saturated carbocycles. The number of hydrogen-bond acceptors (Lipinski definition) is 3. The van der Waals surface area contributed by atoms with Crippen LogP contribution in [0.1, 0.15) is 52.9 Å². The number of piperidine rings is 1. The van der Waals surface area contributed by atoms with Gasteiger partial charge >= 0.3 is 0 Å². The maximum atomic E-state index is 6.22. The second kappa shape index (κ2) is 6.55. The molecule has 2 saturated heterocycles. The molecular formula is C16H33N3. The summed E-state index contributed by atoms with van der Waals surface area (Å²) in [5.74, 6) is 0.778. The van der Waals surface area contributed by atoms with Crippen LogP contribution in [0.2, 0.25) is 0 Å². The van der Waals surface area contributed by atoms with E-state index < -0.39 is 0 Å². The summed E-state index contributed by atoms with van der Waals surface area (Å²) in [6.07, 6.45) is 6.58. The van der Waals surface area contributed by atoms with Crippen molar-refractivity contribution in [1.82, 2.24) is 9.80 Å². The second-order valence-corrected chi connectivity index (χ2v) is 7.02. The van der Waals surface area contributed by atoms with Gasteiger partial charge in [-0.1, -0.05) is 20.8 Å². The van der Waals surface area contributed by atoms with E-state index in [4.69, 9.17) is 5.73 Å². The van der Waals surface area contributed by atoms with E-state index in [1.807, 2.05) is 0 Å². The summed E-state index contributed by atoms with van der Waals surface area (Å²) < 4.78 is 0. The molecule has 0 amide bonds. The lowest BCUT2D eigenvalue weighted by atomic mass is 9.84. The van der Waals surface area contributed by atoms with Gasteiger partial charge in [0, 0.05) is 24.7 Å². The van der Waals surface area contributed by atoms with Crippen LogP contribution in [-0.4, -0.2) is 54.1 Å². The van der Waals surface area contributed by atoms with E-state index in [9.17, 15) is 0 Å². The smallest absolute Gasteiger partial charge is 0.0358 e. The van der Waals surface area contributed by atoms with E-state index in [0.29, 0.717) is 5.54 Å². The topological polar surface area (TPSA) is 32.5 Å². The van der Waals surface area contributed by atoms with E-state index in [0.717, 1.165) is 18.5 Å². The third-order valence-corrected chi connectivity index (χ3v) is 5.25. The lowest BCUT2D eigenvalue weighted by molar-refractivity contribution is 0.0141. The van der Waals surface area contributed by atoms with Gasteiger partial charge in [-0.15, -0.1) is 0 Å². The summed E-state index contributed by atoms with van der Waals surface area (Å²) in [6.45, 7) is 12.8.